The van der Waals surface area contributed by atoms with Crippen molar-refractivity contribution in [2.75, 3.05) is 0 Å². The van der Waals surface area contributed by atoms with Gasteiger partial charge in [0.1, 0.15) is 5.60 Å². The molecule has 0 unspecified atom stereocenters. The van der Waals surface area contributed by atoms with Crippen molar-refractivity contribution in [3.05, 3.63) is 42.0 Å². The second-order valence-corrected chi connectivity index (χ2v) is 10.6. The van der Waals surface area contributed by atoms with Crippen LogP contribution >= 0.6 is 0 Å². The number of fused-ring (bicyclic) bond motifs is 2. The van der Waals surface area contributed by atoms with Crippen LogP contribution in [0, 0.1) is 12.8 Å². The Morgan fingerprint density at radius 1 is 1.11 bits per heavy atom. The van der Waals surface area contributed by atoms with Crippen molar-refractivity contribution in [2.45, 2.75) is 75.3 Å². The Morgan fingerprint density at radius 3 is 2.26 bits per heavy atom. The minimum atomic E-state index is -3.57. The maximum Gasteiger partial charge on any atom is 0.411 e. The number of hydrogen-bond acceptors (Lipinski definition) is 4. The van der Waals surface area contributed by atoms with Crippen molar-refractivity contribution in [1.29, 1.82) is 0 Å². The van der Waals surface area contributed by atoms with Crippen molar-refractivity contribution >= 4 is 15.9 Å². The fourth-order valence-corrected chi connectivity index (χ4v) is 6.38. The zero-order chi connectivity index (χ0) is 20.0. The van der Waals surface area contributed by atoms with E-state index in [0.717, 1.165) is 18.4 Å². The standard InChI is InChI=1S/C21H29NO4S/c1-6-7-16-17-12-13-18(22(17)20(23)26-21(3,4)5)19(16)27(24,25)15-10-8-14(2)9-11-15/h8-13,16-19H,6-7H2,1-5H3/t16-,17-,18+,19+/m1/s1. The van der Waals surface area contributed by atoms with Gasteiger partial charge in [-0.3, -0.25) is 4.90 Å². The monoisotopic (exact) mass is 391 g/mol. The lowest BCUT2D eigenvalue weighted by atomic mass is 9.90. The molecule has 1 amide bonds. The molecular formula is C21H29NO4S. The Hall–Kier alpha value is -1.82. The van der Waals surface area contributed by atoms with Crippen LogP contribution in [0.5, 0.6) is 0 Å². The van der Waals surface area contributed by atoms with Crippen LogP contribution in [0.3, 0.4) is 0 Å². The highest BCUT2D eigenvalue weighted by atomic mass is 32.2. The molecule has 0 spiro atoms. The summed E-state index contributed by atoms with van der Waals surface area (Å²) < 4.78 is 32.5. The van der Waals surface area contributed by atoms with Crippen molar-refractivity contribution in [1.82, 2.24) is 4.90 Å². The highest BCUT2D eigenvalue weighted by Crippen LogP contribution is 2.45. The number of benzene rings is 1. The van der Waals surface area contributed by atoms with E-state index in [2.05, 4.69) is 0 Å². The lowest BCUT2D eigenvalue weighted by Crippen LogP contribution is -2.43. The lowest BCUT2D eigenvalue weighted by molar-refractivity contribution is 0.0221. The van der Waals surface area contributed by atoms with Gasteiger partial charge in [0.2, 0.25) is 0 Å². The fraction of sp³-hybridized carbons (Fsp3) is 0.571. The second-order valence-electron chi connectivity index (χ2n) is 8.53. The van der Waals surface area contributed by atoms with E-state index in [-0.39, 0.29) is 12.0 Å². The first kappa shape index (κ1) is 19.9. The quantitative estimate of drug-likeness (QED) is 0.725. The van der Waals surface area contributed by atoms with Gasteiger partial charge in [-0.15, -0.1) is 0 Å². The van der Waals surface area contributed by atoms with Crippen molar-refractivity contribution in [3.63, 3.8) is 0 Å². The first-order valence-electron chi connectivity index (χ1n) is 9.56. The van der Waals surface area contributed by atoms with E-state index in [1.54, 1.807) is 17.0 Å². The summed E-state index contributed by atoms with van der Waals surface area (Å²) >= 11 is 0. The molecule has 0 radical (unpaired) electrons. The van der Waals surface area contributed by atoms with Gasteiger partial charge in [-0.2, -0.15) is 0 Å². The largest absolute Gasteiger partial charge is 0.444 e. The summed E-state index contributed by atoms with van der Waals surface area (Å²) in [5.41, 5.74) is 0.396. The number of ether oxygens (including phenoxy) is 1. The Labute approximate surface area is 162 Å². The molecule has 0 aromatic heterocycles. The van der Waals surface area contributed by atoms with E-state index in [1.807, 2.05) is 58.9 Å². The Bertz CT molecular complexity index is 836. The molecule has 1 fully saturated rings. The van der Waals surface area contributed by atoms with Gasteiger partial charge in [0.15, 0.2) is 9.84 Å². The van der Waals surface area contributed by atoms with Crippen LogP contribution in [0.1, 0.15) is 46.1 Å². The molecule has 3 rings (SSSR count). The molecule has 2 heterocycles. The van der Waals surface area contributed by atoms with Crippen LogP contribution < -0.4 is 0 Å². The van der Waals surface area contributed by atoms with Crippen LogP contribution in [0.25, 0.3) is 0 Å². The van der Waals surface area contributed by atoms with Crippen molar-refractivity contribution in [3.8, 4) is 0 Å². The molecule has 5 nitrogen and oxygen atoms in total. The van der Waals surface area contributed by atoms with E-state index in [0.29, 0.717) is 4.90 Å². The number of carbonyl (C=O) groups excluding carboxylic acids is 1. The predicted molar refractivity (Wildman–Crippen MR) is 105 cm³/mol. The van der Waals surface area contributed by atoms with Gasteiger partial charge < -0.3 is 4.74 Å². The number of aryl methyl sites for hydroxylation is 1. The van der Waals surface area contributed by atoms with E-state index >= 15 is 0 Å². The smallest absolute Gasteiger partial charge is 0.411 e. The number of amides is 1. The SMILES string of the molecule is CCC[C@H]1[C@H](S(=O)(=O)c2ccc(C)cc2)[C@@H]2C=C[C@H]1N2C(=O)OC(C)(C)C. The van der Waals surface area contributed by atoms with E-state index < -0.39 is 32.8 Å². The highest BCUT2D eigenvalue weighted by Gasteiger charge is 2.57. The van der Waals surface area contributed by atoms with Crippen molar-refractivity contribution in [2.24, 2.45) is 5.92 Å². The molecule has 4 atom stereocenters. The second kappa shape index (κ2) is 6.97. The maximum atomic E-state index is 13.5. The zero-order valence-corrected chi connectivity index (χ0v) is 17.5. The van der Waals surface area contributed by atoms with Gasteiger partial charge in [-0.1, -0.05) is 43.2 Å². The van der Waals surface area contributed by atoms with Crippen LogP contribution in [0.4, 0.5) is 4.79 Å². The molecule has 148 valence electrons. The van der Waals surface area contributed by atoms with Gasteiger partial charge in [0.25, 0.3) is 0 Å². The highest BCUT2D eigenvalue weighted by molar-refractivity contribution is 7.92. The lowest BCUT2D eigenvalue weighted by Gasteiger charge is -2.28. The average Bonchev–Trinajstić information content (AvgIpc) is 3.10. The Morgan fingerprint density at radius 2 is 1.70 bits per heavy atom. The molecule has 2 aliphatic rings. The molecule has 0 saturated carbocycles. The Balaban J connectivity index is 1.98. The number of hydrogen-bond donors (Lipinski definition) is 0. The first-order valence-corrected chi connectivity index (χ1v) is 11.1. The van der Waals surface area contributed by atoms with Gasteiger partial charge in [-0.05, 0) is 46.2 Å². The van der Waals surface area contributed by atoms with E-state index in [9.17, 15) is 13.2 Å². The van der Waals surface area contributed by atoms with Gasteiger partial charge in [0, 0.05) is 5.92 Å². The summed E-state index contributed by atoms with van der Waals surface area (Å²) in [5.74, 6) is -0.121. The third-order valence-electron chi connectivity index (χ3n) is 5.28. The van der Waals surface area contributed by atoms with Crippen LogP contribution in [0.2, 0.25) is 0 Å². The molecule has 2 aliphatic heterocycles. The van der Waals surface area contributed by atoms with Crippen LogP contribution in [-0.4, -0.2) is 42.3 Å². The van der Waals surface area contributed by atoms with Crippen LogP contribution in [-0.2, 0) is 14.6 Å². The van der Waals surface area contributed by atoms with Gasteiger partial charge in [-0.25, -0.2) is 13.2 Å². The minimum Gasteiger partial charge on any atom is -0.444 e. The molecule has 1 saturated heterocycles. The van der Waals surface area contributed by atoms with E-state index in [4.69, 9.17) is 4.74 Å². The topological polar surface area (TPSA) is 63.7 Å². The summed E-state index contributed by atoms with van der Waals surface area (Å²) in [6.07, 6.45) is 5.00. The zero-order valence-electron chi connectivity index (χ0n) is 16.7. The molecular weight excluding hydrogens is 362 g/mol. The maximum absolute atomic E-state index is 13.5. The number of carbonyl (C=O) groups is 1. The number of nitrogens with zero attached hydrogens (tertiary/aromatic N) is 1. The van der Waals surface area contributed by atoms with Crippen LogP contribution in [0.15, 0.2) is 41.3 Å². The number of sulfone groups is 1. The third-order valence-corrected chi connectivity index (χ3v) is 7.55. The summed E-state index contributed by atoms with van der Waals surface area (Å²) in [6, 6.07) is 6.26. The third kappa shape index (κ3) is 3.64. The molecule has 27 heavy (non-hydrogen) atoms. The molecule has 1 aromatic carbocycles. The average molecular weight is 392 g/mol. The first-order chi connectivity index (χ1) is 12.6. The fourth-order valence-electron chi connectivity index (χ4n) is 4.20. The number of rotatable bonds is 4. The molecule has 6 heteroatoms. The summed E-state index contributed by atoms with van der Waals surface area (Å²) in [5, 5.41) is -0.636. The summed E-state index contributed by atoms with van der Waals surface area (Å²) in [4.78, 5) is 14.7. The molecule has 1 aromatic rings. The summed E-state index contributed by atoms with van der Waals surface area (Å²) in [6.45, 7) is 9.44. The molecule has 2 bridgehead atoms. The Kier molecular flexibility index (Phi) is 5.14. The van der Waals surface area contributed by atoms with Gasteiger partial charge in [0.05, 0.1) is 22.2 Å². The summed E-state index contributed by atoms with van der Waals surface area (Å²) in [7, 11) is -3.57. The van der Waals surface area contributed by atoms with E-state index in [1.165, 1.54) is 0 Å². The molecule has 0 aliphatic carbocycles. The van der Waals surface area contributed by atoms with Crippen molar-refractivity contribution < 1.29 is 17.9 Å². The predicted octanol–water partition coefficient (Wildman–Crippen LogP) is 4.11. The molecule has 0 N–H and O–H groups in total. The normalized spacial score (nSPS) is 27.2. The minimum absolute atomic E-state index is 0.121. The van der Waals surface area contributed by atoms with Gasteiger partial charge >= 0.3 is 6.09 Å².